The van der Waals surface area contributed by atoms with Crippen molar-refractivity contribution in [3.8, 4) is 0 Å². The van der Waals surface area contributed by atoms with Crippen LogP contribution in [0.25, 0.3) is 0 Å². The molecule has 2 amide bonds. The van der Waals surface area contributed by atoms with Crippen LogP contribution in [0.2, 0.25) is 5.02 Å². The number of carboxylic acid groups (broad SMARTS) is 1. The summed E-state index contributed by atoms with van der Waals surface area (Å²) in [6, 6.07) is 33.4. The van der Waals surface area contributed by atoms with Crippen LogP contribution < -0.4 is 16.0 Å². The zero-order valence-corrected chi connectivity index (χ0v) is 25.8. The van der Waals surface area contributed by atoms with Gasteiger partial charge in [-0.1, -0.05) is 90.5 Å². The first-order valence-electron chi connectivity index (χ1n) is 14.7. The van der Waals surface area contributed by atoms with Crippen molar-refractivity contribution >= 4 is 41.1 Å². The summed E-state index contributed by atoms with van der Waals surface area (Å²) in [5.41, 5.74) is 3.30. The first kappa shape index (κ1) is 31.6. The molecule has 3 atom stereocenters. The third-order valence-electron chi connectivity index (χ3n) is 7.60. The molecular weight excluding hydrogens is 594 g/mol. The van der Waals surface area contributed by atoms with Crippen LogP contribution >= 0.6 is 23.4 Å². The molecule has 1 aliphatic rings. The predicted molar refractivity (Wildman–Crippen MR) is 177 cm³/mol. The van der Waals surface area contributed by atoms with E-state index in [1.54, 1.807) is 11.8 Å². The van der Waals surface area contributed by atoms with Crippen LogP contribution in [-0.2, 0) is 16.0 Å². The van der Waals surface area contributed by atoms with Gasteiger partial charge in [-0.2, -0.15) is 0 Å². The quantitative estimate of drug-likeness (QED) is 0.128. The third-order valence-corrected chi connectivity index (χ3v) is 9.00. The molecule has 228 valence electrons. The Hall–Kier alpha value is -3.82. The Labute approximate surface area is 267 Å². The molecule has 7 nitrogen and oxygen atoms in total. The normalized spacial score (nSPS) is 17.1. The molecule has 44 heavy (non-hydrogen) atoms. The average molecular weight is 630 g/mol. The summed E-state index contributed by atoms with van der Waals surface area (Å²) >= 11 is 7.76. The van der Waals surface area contributed by atoms with Crippen LogP contribution in [0.3, 0.4) is 0 Å². The maximum atomic E-state index is 13.9. The fourth-order valence-electron chi connectivity index (χ4n) is 5.48. The molecule has 1 heterocycles. The number of nitrogens with one attached hydrogen (secondary N) is 3. The molecule has 0 bridgehead atoms. The summed E-state index contributed by atoms with van der Waals surface area (Å²) in [5.74, 6) is -0.114. The van der Waals surface area contributed by atoms with Crippen molar-refractivity contribution in [1.29, 1.82) is 0 Å². The number of hydrogen-bond acceptors (Lipinski definition) is 5. The van der Waals surface area contributed by atoms with E-state index in [4.69, 9.17) is 16.3 Å². The first-order chi connectivity index (χ1) is 21.5. The maximum absolute atomic E-state index is 13.9. The fraction of sp³-hybridized carbons (Fsp3) is 0.257. The van der Waals surface area contributed by atoms with Gasteiger partial charge in [-0.3, -0.25) is 4.79 Å². The summed E-state index contributed by atoms with van der Waals surface area (Å²) in [7, 11) is 0. The van der Waals surface area contributed by atoms with E-state index in [0.717, 1.165) is 51.9 Å². The lowest BCUT2D eigenvalue weighted by atomic mass is 9.84. The van der Waals surface area contributed by atoms with Gasteiger partial charge in [0.2, 0.25) is 5.91 Å². The molecule has 4 aromatic rings. The third kappa shape index (κ3) is 8.86. The van der Waals surface area contributed by atoms with Crippen molar-refractivity contribution in [2.24, 2.45) is 0 Å². The van der Waals surface area contributed by atoms with Crippen molar-refractivity contribution in [2.45, 2.75) is 41.9 Å². The molecule has 4 aromatic carbocycles. The molecule has 5 rings (SSSR count). The number of halogens is 1. The van der Waals surface area contributed by atoms with E-state index in [-0.39, 0.29) is 12.2 Å². The predicted octanol–water partition coefficient (Wildman–Crippen LogP) is 6.83. The van der Waals surface area contributed by atoms with E-state index < -0.39 is 24.0 Å². The second-order valence-electron chi connectivity index (χ2n) is 10.7. The first-order valence-corrected chi connectivity index (χ1v) is 16.1. The monoisotopic (exact) mass is 629 g/mol. The van der Waals surface area contributed by atoms with Crippen LogP contribution in [0.4, 0.5) is 10.5 Å². The standard InChI is InChI=1S/C35H36ClN3O4S/c36-27-16-19-30(20-17-27)44-23-29-22-37-21-28(43-29)18-15-24-9-7-8-14-31(24)38-34(40)33(39-35(41)42)32(25-10-3-1-4-11-25)26-12-5-2-6-13-26/h1-14,16-17,19-20,28-29,32-33,37,39H,15,18,21-23H2,(H,38,40)(H,41,42)/t28?,29-,33?/m0/s1. The number of anilines is 1. The smallest absolute Gasteiger partial charge is 0.405 e. The van der Waals surface area contributed by atoms with Gasteiger partial charge < -0.3 is 25.8 Å². The average Bonchev–Trinajstić information content (AvgIpc) is 3.05. The zero-order valence-electron chi connectivity index (χ0n) is 24.2. The second kappa shape index (κ2) is 15.8. The molecule has 0 saturated carbocycles. The molecule has 0 spiro atoms. The lowest BCUT2D eigenvalue weighted by molar-refractivity contribution is -0.118. The molecule has 0 radical (unpaired) electrons. The Balaban J connectivity index is 1.26. The van der Waals surface area contributed by atoms with Gasteiger partial charge in [0, 0.05) is 40.4 Å². The van der Waals surface area contributed by atoms with Gasteiger partial charge in [0.15, 0.2) is 0 Å². The molecule has 4 N–H and O–H groups in total. The van der Waals surface area contributed by atoms with Gasteiger partial charge in [-0.15, -0.1) is 11.8 Å². The molecular formula is C35H36ClN3O4S. The lowest BCUT2D eigenvalue weighted by Crippen LogP contribution is -2.47. The van der Waals surface area contributed by atoms with E-state index in [1.165, 1.54) is 0 Å². The Kier molecular flexibility index (Phi) is 11.3. The number of para-hydroxylation sites is 1. The number of ether oxygens (including phenoxy) is 1. The van der Waals surface area contributed by atoms with Gasteiger partial charge >= 0.3 is 6.09 Å². The van der Waals surface area contributed by atoms with E-state index in [2.05, 4.69) is 16.0 Å². The number of carbonyl (C=O) groups excluding carboxylic acids is 1. The van der Waals surface area contributed by atoms with E-state index in [0.29, 0.717) is 12.1 Å². The summed E-state index contributed by atoms with van der Waals surface area (Å²) in [6.45, 7) is 1.56. The van der Waals surface area contributed by atoms with Gasteiger partial charge in [-0.25, -0.2) is 4.79 Å². The minimum absolute atomic E-state index is 0.0327. The van der Waals surface area contributed by atoms with Crippen molar-refractivity contribution < 1.29 is 19.4 Å². The van der Waals surface area contributed by atoms with Crippen molar-refractivity contribution in [2.75, 3.05) is 24.2 Å². The number of rotatable bonds is 12. The van der Waals surface area contributed by atoms with Gasteiger partial charge in [-0.05, 0) is 59.9 Å². The number of amides is 2. The number of morpholine rings is 1. The van der Waals surface area contributed by atoms with Crippen molar-refractivity contribution in [1.82, 2.24) is 10.6 Å². The number of carbonyl (C=O) groups is 2. The van der Waals surface area contributed by atoms with E-state index >= 15 is 0 Å². The molecule has 1 aliphatic heterocycles. The summed E-state index contributed by atoms with van der Waals surface area (Å²) in [5, 5.41) is 19.5. The maximum Gasteiger partial charge on any atom is 0.405 e. The molecule has 0 aliphatic carbocycles. The van der Waals surface area contributed by atoms with Gasteiger partial charge in [0.25, 0.3) is 0 Å². The number of aryl methyl sites for hydroxylation is 1. The number of benzene rings is 4. The molecule has 1 saturated heterocycles. The Bertz CT molecular complexity index is 1470. The van der Waals surface area contributed by atoms with Crippen LogP contribution in [0.15, 0.2) is 114 Å². The summed E-state index contributed by atoms with van der Waals surface area (Å²) in [4.78, 5) is 26.9. The molecule has 9 heteroatoms. The Morgan fingerprint density at radius 3 is 2.14 bits per heavy atom. The highest BCUT2D eigenvalue weighted by Crippen LogP contribution is 2.30. The minimum atomic E-state index is -1.26. The second-order valence-corrected chi connectivity index (χ2v) is 12.2. The van der Waals surface area contributed by atoms with Gasteiger partial charge in [0.1, 0.15) is 6.04 Å². The number of thioether (sulfide) groups is 1. The van der Waals surface area contributed by atoms with Crippen LogP contribution in [0.5, 0.6) is 0 Å². The Morgan fingerprint density at radius 1 is 0.864 bits per heavy atom. The molecule has 1 fully saturated rings. The molecule has 2 unspecified atom stereocenters. The Morgan fingerprint density at radius 2 is 1.48 bits per heavy atom. The highest BCUT2D eigenvalue weighted by molar-refractivity contribution is 7.99. The highest BCUT2D eigenvalue weighted by Gasteiger charge is 2.33. The largest absolute Gasteiger partial charge is 0.465 e. The molecule has 0 aromatic heterocycles. The van der Waals surface area contributed by atoms with Crippen LogP contribution in [0.1, 0.15) is 29.0 Å². The van der Waals surface area contributed by atoms with E-state index in [1.807, 2.05) is 109 Å². The van der Waals surface area contributed by atoms with Gasteiger partial charge in [0.05, 0.1) is 12.2 Å². The van der Waals surface area contributed by atoms with E-state index in [9.17, 15) is 14.7 Å². The zero-order chi connectivity index (χ0) is 30.7. The van der Waals surface area contributed by atoms with Crippen LogP contribution in [0, 0.1) is 0 Å². The lowest BCUT2D eigenvalue weighted by Gasteiger charge is -2.31. The van der Waals surface area contributed by atoms with Crippen molar-refractivity contribution in [3.63, 3.8) is 0 Å². The van der Waals surface area contributed by atoms with Crippen molar-refractivity contribution in [3.05, 3.63) is 131 Å². The highest BCUT2D eigenvalue weighted by atomic mass is 35.5. The fourth-order valence-corrected chi connectivity index (χ4v) is 6.51. The minimum Gasteiger partial charge on any atom is -0.465 e. The SMILES string of the molecule is O=C(O)NC(C(=O)Nc1ccccc1CCC1CNC[C@@H](CSc2ccc(Cl)cc2)O1)C(c1ccccc1)c1ccccc1. The summed E-state index contributed by atoms with van der Waals surface area (Å²) in [6.07, 6.45) is 0.319. The summed E-state index contributed by atoms with van der Waals surface area (Å²) < 4.78 is 6.41. The topological polar surface area (TPSA) is 99.7 Å². The number of hydrogen-bond donors (Lipinski definition) is 4. The van der Waals surface area contributed by atoms with Crippen LogP contribution in [-0.4, -0.2) is 54.2 Å².